The Kier molecular flexibility index (Phi) is 3.01. The molecule has 2 heteroatoms. The van der Waals surface area contributed by atoms with Gasteiger partial charge in [0, 0.05) is 12.1 Å². The number of hydrogen-bond donors (Lipinski definition) is 1. The van der Waals surface area contributed by atoms with Gasteiger partial charge in [-0.3, -0.25) is 4.90 Å². The van der Waals surface area contributed by atoms with E-state index >= 15 is 0 Å². The molecule has 2 atom stereocenters. The number of fused-ring (bicyclic) bond motifs is 1. The highest BCUT2D eigenvalue weighted by Gasteiger charge is 2.41. The zero-order valence-corrected chi connectivity index (χ0v) is 11.8. The highest BCUT2D eigenvalue weighted by atomic mass is 15.2. The second-order valence-electron chi connectivity index (χ2n) is 6.30. The molecule has 0 aromatic heterocycles. The minimum atomic E-state index is 0.539. The Balaban J connectivity index is 1.74. The van der Waals surface area contributed by atoms with Gasteiger partial charge in [-0.05, 0) is 60.7 Å². The summed E-state index contributed by atoms with van der Waals surface area (Å²) < 4.78 is 0. The minimum absolute atomic E-state index is 0.539. The van der Waals surface area contributed by atoms with E-state index < -0.39 is 0 Å². The lowest BCUT2D eigenvalue weighted by Crippen LogP contribution is -2.29. The summed E-state index contributed by atoms with van der Waals surface area (Å²) >= 11 is 0. The zero-order chi connectivity index (χ0) is 13.5. The standard InChI is InChI=1S/C18H22N2/c19-12-16-9-10-20(17-7-8-17)18(16)15-6-5-13-3-1-2-4-14(13)11-15/h1-6,11,16-18H,7-10,12,19H2. The topological polar surface area (TPSA) is 29.3 Å². The van der Waals surface area contributed by atoms with E-state index in [9.17, 15) is 0 Å². The molecule has 1 heterocycles. The number of likely N-dealkylation sites (tertiary alicyclic amines) is 1. The van der Waals surface area contributed by atoms with Crippen LogP contribution in [0.25, 0.3) is 10.8 Å². The maximum Gasteiger partial charge on any atom is 0.0391 e. The van der Waals surface area contributed by atoms with Crippen LogP contribution in [0.4, 0.5) is 0 Å². The van der Waals surface area contributed by atoms with Crippen molar-refractivity contribution in [1.29, 1.82) is 0 Å². The summed E-state index contributed by atoms with van der Waals surface area (Å²) in [5, 5.41) is 2.68. The van der Waals surface area contributed by atoms with Crippen LogP contribution < -0.4 is 5.73 Å². The Bertz CT molecular complexity index is 618. The first-order valence-corrected chi connectivity index (χ1v) is 7.81. The molecule has 20 heavy (non-hydrogen) atoms. The van der Waals surface area contributed by atoms with E-state index in [4.69, 9.17) is 5.73 Å². The van der Waals surface area contributed by atoms with Crippen molar-refractivity contribution in [2.24, 2.45) is 11.7 Å². The van der Waals surface area contributed by atoms with E-state index in [1.165, 1.54) is 42.1 Å². The summed E-state index contributed by atoms with van der Waals surface area (Å²) in [5.41, 5.74) is 7.49. The van der Waals surface area contributed by atoms with Gasteiger partial charge in [0.05, 0.1) is 0 Å². The summed E-state index contributed by atoms with van der Waals surface area (Å²) in [5.74, 6) is 0.622. The summed E-state index contributed by atoms with van der Waals surface area (Å²) in [6.45, 7) is 2.03. The Morgan fingerprint density at radius 3 is 2.55 bits per heavy atom. The predicted octanol–water partition coefficient (Wildman–Crippen LogP) is 3.32. The third-order valence-corrected chi connectivity index (χ3v) is 5.00. The van der Waals surface area contributed by atoms with Gasteiger partial charge in [0.1, 0.15) is 0 Å². The molecule has 0 bridgehead atoms. The van der Waals surface area contributed by atoms with Crippen LogP contribution in [0.2, 0.25) is 0 Å². The van der Waals surface area contributed by atoms with E-state index in [1.807, 2.05) is 0 Å². The molecule has 2 fully saturated rings. The van der Waals surface area contributed by atoms with Crippen LogP contribution in [0.15, 0.2) is 42.5 Å². The molecule has 4 rings (SSSR count). The van der Waals surface area contributed by atoms with Gasteiger partial charge in [-0.2, -0.15) is 0 Å². The Labute approximate surface area is 120 Å². The van der Waals surface area contributed by atoms with Gasteiger partial charge in [-0.15, -0.1) is 0 Å². The van der Waals surface area contributed by atoms with Crippen LogP contribution in [0, 0.1) is 5.92 Å². The monoisotopic (exact) mass is 266 g/mol. The number of rotatable bonds is 3. The molecular weight excluding hydrogens is 244 g/mol. The molecule has 2 unspecified atom stereocenters. The van der Waals surface area contributed by atoms with Gasteiger partial charge in [0.25, 0.3) is 0 Å². The van der Waals surface area contributed by atoms with Gasteiger partial charge in [0.2, 0.25) is 0 Å². The number of benzene rings is 2. The smallest absolute Gasteiger partial charge is 0.0391 e. The van der Waals surface area contributed by atoms with E-state index in [0.717, 1.165) is 12.6 Å². The van der Waals surface area contributed by atoms with Crippen molar-refractivity contribution in [3.05, 3.63) is 48.0 Å². The van der Waals surface area contributed by atoms with Crippen molar-refractivity contribution in [2.45, 2.75) is 31.3 Å². The number of nitrogens with zero attached hydrogens (tertiary/aromatic N) is 1. The highest BCUT2D eigenvalue weighted by Crippen LogP contribution is 2.44. The van der Waals surface area contributed by atoms with Gasteiger partial charge in [0.15, 0.2) is 0 Å². The normalized spacial score (nSPS) is 27.2. The molecule has 2 aromatic rings. The largest absolute Gasteiger partial charge is 0.330 e. The fourth-order valence-electron chi connectivity index (χ4n) is 3.80. The fourth-order valence-corrected chi connectivity index (χ4v) is 3.80. The molecule has 1 aliphatic heterocycles. The van der Waals surface area contributed by atoms with Crippen LogP contribution in [0.3, 0.4) is 0 Å². The van der Waals surface area contributed by atoms with Crippen molar-refractivity contribution < 1.29 is 0 Å². The third kappa shape index (κ3) is 2.04. The second kappa shape index (κ2) is 4.87. The quantitative estimate of drug-likeness (QED) is 0.923. The summed E-state index contributed by atoms with van der Waals surface area (Å²) in [6, 6.07) is 17.0. The average Bonchev–Trinajstić information content (AvgIpc) is 3.25. The van der Waals surface area contributed by atoms with Crippen molar-refractivity contribution in [3.63, 3.8) is 0 Å². The summed E-state index contributed by atoms with van der Waals surface area (Å²) in [4.78, 5) is 2.71. The lowest BCUT2D eigenvalue weighted by molar-refractivity contribution is 0.220. The van der Waals surface area contributed by atoms with Crippen molar-refractivity contribution in [1.82, 2.24) is 4.90 Å². The van der Waals surface area contributed by atoms with Crippen molar-refractivity contribution >= 4 is 10.8 Å². The van der Waals surface area contributed by atoms with E-state index in [0.29, 0.717) is 12.0 Å². The highest BCUT2D eigenvalue weighted by molar-refractivity contribution is 5.83. The maximum atomic E-state index is 6.03. The summed E-state index contributed by atoms with van der Waals surface area (Å²) in [7, 11) is 0. The first-order valence-electron chi connectivity index (χ1n) is 7.81. The van der Waals surface area contributed by atoms with E-state index in [2.05, 4.69) is 47.4 Å². The first-order chi connectivity index (χ1) is 9.86. The zero-order valence-electron chi connectivity index (χ0n) is 11.8. The molecule has 0 radical (unpaired) electrons. The van der Waals surface area contributed by atoms with Crippen LogP contribution >= 0.6 is 0 Å². The molecule has 1 saturated heterocycles. The molecule has 2 aromatic carbocycles. The van der Waals surface area contributed by atoms with Gasteiger partial charge < -0.3 is 5.73 Å². The van der Waals surface area contributed by atoms with Crippen LogP contribution in [-0.4, -0.2) is 24.0 Å². The van der Waals surface area contributed by atoms with Crippen LogP contribution in [-0.2, 0) is 0 Å². The van der Waals surface area contributed by atoms with E-state index in [-0.39, 0.29) is 0 Å². The summed E-state index contributed by atoms with van der Waals surface area (Å²) in [6.07, 6.45) is 4.01. The fraction of sp³-hybridized carbons (Fsp3) is 0.444. The molecular formula is C18H22N2. The maximum absolute atomic E-state index is 6.03. The Morgan fingerprint density at radius 1 is 1.00 bits per heavy atom. The second-order valence-corrected chi connectivity index (χ2v) is 6.30. The van der Waals surface area contributed by atoms with Gasteiger partial charge in [-0.25, -0.2) is 0 Å². The Hall–Kier alpha value is -1.38. The SMILES string of the molecule is NCC1CCN(C2CC2)C1c1ccc2ccccc2c1. The molecule has 1 aliphatic carbocycles. The average molecular weight is 266 g/mol. The lowest BCUT2D eigenvalue weighted by atomic mass is 9.92. The molecule has 2 N–H and O–H groups in total. The lowest BCUT2D eigenvalue weighted by Gasteiger charge is -2.28. The molecule has 1 saturated carbocycles. The number of hydrogen-bond acceptors (Lipinski definition) is 2. The third-order valence-electron chi connectivity index (χ3n) is 5.00. The molecule has 104 valence electrons. The van der Waals surface area contributed by atoms with E-state index in [1.54, 1.807) is 0 Å². The molecule has 0 spiro atoms. The van der Waals surface area contributed by atoms with Gasteiger partial charge in [-0.1, -0.05) is 36.4 Å². The van der Waals surface area contributed by atoms with Crippen molar-refractivity contribution in [2.75, 3.05) is 13.1 Å². The van der Waals surface area contributed by atoms with Gasteiger partial charge >= 0.3 is 0 Å². The Morgan fingerprint density at radius 2 is 1.80 bits per heavy atom. The van der Waals surface area contributed by atoms with Crippen LogP contribution in [0.5, 0.6) is 0 Å². The number of nitrogens with two attached hydrogens (primary N) is 1. The molecule has 0 amide bonds. The van der Waals surface area contributed by atoms with Crippen molar-refractivity contribution in [3.8, 4) is 0 Å². The molecule has 2 nitrogen and oxygen atoms in total. The molecule has 2 aliphatic rings. The predicted molar refractivity (Wildman–Crippen MR) is 83.6 cm³/mol. The van der Waals surface area contributed by atoms with Crippen LogP contribution in [0.1, 0.15) is 30.9 Å². The first kappa shape index (κ1) is 12.4. The minimum Gasteiger partial charge on any atom is -0.330 e.